The zero-order chi connectivity index (χ0) is 16.0. The second-order valence-corrected chi connectivity index (χ2v) is 7.18. The average Bonchev–Trinajstić information content (AvgIpc) is 3.11. The number of halogens is 1. The topological polar surface area (TPSA) is 52.8 Å². The second kappa shape index (κ2) is 5.64. The van der Waals surface area contributed by atoms with Crippen molar-refractivity contribution < 1.29 is 14.3 Å². The Hall–Kier alpha value is -1.87. The highest BCUT2D eigenvalue weighted by Gasteiger charge is 2.17. The predicted octanol–water partition coefficient (Wildman–Crippen LogP) is 3.31. The van der Waals surface area contributed by atoms with Crippen LogP contribution in [0.5, 0.6) is 11.5 Å². The molecule has 2 heterocycles. The summed E-state index contributed by atoms with van der Waals surface area (Å²) in [5.41, 5.74) is 1.58. The molecule has 0 atom stereocenters. The molecule has 116 valence electrons. The summed E-state index contributed by atoms with van der Waals surface area (Å²) in [7, 11) is 1.89. The number of amides is 1. The van der Waals surface area contributed by atoms with Gasteiger partial charge in [0.25, 0.3) is 5.91 Å². The molecule has 1 amide bonds. The normalized spacial score (nSPS) is 13.7. The standard InChI is InChI=1S/C16H11IN2O3S/c1-19-11-6-12-13(22-8-21-12)7-14(11)23-16(19)18-15(20)9-4-2-3-5-10(9)17/h2-7H,8H2,1H3. The molecule has 0 bridgehead atoms. The van der Waals surface area contributed by atoms with Crippen molar-refractivity contribution in [3.8, 4) is 11.5 Å². The fourth-order valence-electron chi connectivity index (χ4n) is 2.41. The van der Waals surface area contributed by atoms with E-state index in [2.05, 4.69) is 27.6 Å². The molecule has 0 N–H and O–H groups in total. The van der Waals surface area contributed by atoms with Crippen molar-refractivity contribution in [2.24, 2.45) is 12.0 Å². The second-order valence-electron chi connectivity index (χ2n) is 5.01. The summed E-state index contributed by atoms with van der Waals surface area (Å²) in [5, 5.41) is 0. The number of thiazole rings is 1. The largest absolute Gasteiger partial charge is 0.454 e. The highest BCUT2D eigenvalue weighted by Crippen LogP contribution is 2.36. The molecule has 1 aliphatic heterocycles. The summed E-state index contributed by atoms with van der Waals surface area (Å²) in [5.74, 6) is 1.22. The van der Waals surface area contributed by atoms with E-state index in [1.807, 2.05) is 41.9 Å². The van der Waals surface area contributed by atoms with Crippen LogP contribution in [0.4, 0.5) is 0 Å². The van der Waals surface area contributed by atoms with E-state index in [9.17, 15) is 4.79 Å². The van der Waals surface area contributed by atoms with Crippen LogP contribution in [-0.4, -0.2) is 17.3 Å². The summed E-state index contributed by atoms with van der Waals surface area (Å²) in [6.07, 6.45) is 0. The molecule has 23 heavy (non-hydrogen) atoms. The Morgan fingerprint density at radius 3 is 2.78 bits per heavy atom. The average molecular weight is 438 g/mol. The van der Waals surface area contributed by atoms with E-state index in [1.54, 1.807) is 6.07 Å². The quantitative estimate of drug-likeness (QED) is 0.548. The molecule has 3 aromatic rings. The van der Waals surface area contributed by atoms with Crippen molar-refractivity contribution in [1.29, 1.82) is 0 Å². The Labute approximate surface area is 149 Å². The van der Waals surface area contributed by atoms with Gasteiger partial charge >= 0.3 is 0 Å². The maximum Gasteiger partial charge on any atom is 0.280 e. The number of fused-ring (bicyclic) bond motifs is 2. The first-order valence-corrected chi connectivity index (χ1v) is 8.76. The minimum atomic E-state index is -0.239. The van der Waals surface area contributed by atoms with Crippen molar-refractivity contribution in [2.45, 2.75) is 0 Å². The van der Waals surface area contributed by atoms with E-state index in [4.69, 9.17) is 9.47 Å². The van der Waals surface area contributed by atoms with Gasteiger partial charge in [-0.3, -0.25) is 4.79 Å². The summed E-state index contributed by atoms with van der Waals surface area (Å²) in [6, 6.07) is 11.3. The van der Waals surface area contributed by atoms with Gasteiger partial charge in [-0.25, -0.2) is 0 Å². The van der Waals surface area contributed by atoms with Gasteiger partial charge < -0.3 is 14.0 Å². The maximum absolute atomic E-state index is 12.4. The zero-order valence-electron chi connectivity index (χ0n) is 12.1. The molecule has 4 rings (SSSR count). The van der Waals surface area contributed by atoms with Crippen LogP contribution in [0.25, 0.3) is 10.2 Å². The van der Waals surface area contributed by atoms with Gasteiger partial charge in [0.05, 0.1) is 15.8 Å². The Kier molecular flexibility index (Phi) is 3.61. The molecule has 2 aromatic carbocycles. The monoisotopic (exact) mass is 438 g/mol. The third kappa shape index (κ3) is 2.53. The lowest BCUT2D eigenvalue weighted by Crippen LogP contribution is -2.13. The van der Waals surface area contributed by atoms with E-state index in [0.29, 0.717) is 10.4 Å². The fraction of sp³-hybridized carbons (Fsp3) is 0.125. The molecule has 1 aliphatic rings. The molecule has 7 heteroatoms. The van der Waals surface area contributed by atoms with Gasteiger partial charge in [-0.2, -0.15) is 4.99 Å². The number of carbonyl (C=O) groups excluding carboxylic acids is 1. The van der Waals surface area contributed by atoms with Crippen molar-refractivity contribution >= 4 is 50.1 Å². The number of aromatic nitrogens is 1. The van der Waals surface area contributed by atoms with Crippen molar-refractivity contribution in [3.05, 3.63) is 50.3 Å². The van der Waals surface area contributed by atoms with Crippen LogP contribution in [0.3, 0.4) is 0 Å². The molecule has 0 radical (unpaired) electrons. The minimum Gasteiger partial charge on any atom is -0.454 e. The maximum atomic E-state index is 12.4. The number of hydrogen-bond acceptors (Lipinski definition) is 4. The lowest BCUT2D eigenvalue weighted by atomic mass is 10.2. The van der Waals surface area contributed by atoms with Crippen LogP contribution in [0.15, 0.2) is 41.4 Å². The van der Waals surface area contributed by atoms with Crippen LogP contribution in [0.2, 0.25) is 0 Å². The van der Waals surface area contributed by atoms with Gasteiger partial charge in [-0.1, -0.05) is 23.5 Å². The van der Waals surface area contributed by atoms with Crippen molar-refractivity contribution in [2.75, 3.05) is 6.79 Å². The van der Waals surface area contributed by atoms with Crippen LogP contribution in [0, 0.1) is 3.57 Å². The number of ether oxygens (including phenoxy) is 2. The molecule has 0 saturated carbocycles. The molecule has 0 unspecified atom stereocenters. The molecule has 0 saturated heterocycles. The van der Waals surface area contributed by atoms with E-state index >= 15 is 0 Å². The first-order valence-electron chi connectivity index (χ1n) is 6.86. The van der Waals surface area contributed by atoms with Gasteiger partial charge in [0.1, 0.15) is 0 Å². The third-order valence-electron chi connectivity index (χ3n) is 3.61. The molecule has 1 aromatic heterocycles. The van der Waals surface area contributed by atoms with Crippen molar-refractivity contribution in [3.63, 3.8) is 0 Å². The van der Waals surface area contributed by atoms with E-state index in [1.165, 1.54) is 11.3 Å². The van der Waals surface area contributed by atoms with Gasteiger partial charge in [0.15, 0.2) is 16.3 Å². The minimum absolute atomic E-state index is 0.239. The van der Waals surface area contributed by atoms with Crippen LogP contribution in [-0.2, 0) is 7.05 Å². The molecule has 5 nitrogen and oxygen atoms in total. The number of nitrogens with zero attached hydrogens (tertiary/aromatic N) is 2. The molecule has 0 fully saturated rings. The Bertz CT molecular complexity index is 1010. The van der Waals surface area contributed by atoms with Crippen LogP contribution < -0.4 is 14.3 Å². The van der Waals surface area contributed by atoms with E-state index in [0.717, 1.165) is 25.3 Å². The Morgan fingerprint density at radius 1 is 1.26 bits per heavy atom. The van der Waals surface area contributed by atoms with Crippen LogP contribution in [0.1, 0.15) is 10.4 Å². The lowest BCUT2D eigenvalue weighted by molar-refractivity contribution is 0.0997. The lowest BCUT2D eigenvalue weighted by Gasteiger charge is -1.99. The number of carbonyl (C=O) groups is 1. The predicted molar refractivity (Wildman–Crippen MR) is 96.0 cm³/mol. The highest BCUT2D eigenvalue weighted by atomic mass is 127. The summed E-state index contributed by atoms with van der Waals surface area (Å²) >= 11 is 3.60. The summed E-state index contributed by atoms with van der Waals surface area (Å²) in [4.78, 5) is 17.4. The number of hydrogen-bond donors (Lipinski definition) is 0. The van der Waals surface area contributed by atoms with E-state index in [-0.39, 0.29) is 12.7 Å². The van der Waals surface area contributed by atoms with Gasteiger partial charge in [0.2, 0.25) is 6.79 Å². The van der Waals surface area contributed by atoms with Gasteiger partial charge in [-0.15, -0.1) is 0 Å². The summed E-state index contributed by atoms with van der Waals surface area (Å²) < 4.78 is 14.6. The van der Waals surface area contributed by atoms with Crippen molar-refractivity contribution in [1.82, 2.24) is 4.57 Å². The van der Waals surface area contributed by atoms with E-state index < -0.39 is 0 Å². The zero-order valence-corrected chi connectivity index (χ0v) is 15.1. The Balaban J connectivity index is 1.84. The summed E-state index contributed by atoms with van der Waals surface area (Å²) in [6.45, 7) is 0.248. The fourth-order valence-corrected chi connectivity index (χ4v) is 4.05. The number of benzene rings is 2. The smallest absolute Gasteiger partial charge is 0.280 e. The molecular formula is C16H11IN2O3S. The van der Waals surface area contributed by atoms with Gasteiger partial charge in [-0.05, 0) is 34.7 Å². The highest BCUT2D eigenvalue weighted by molar-refractivity contribution is 14.1. The first-order chi connectivity index (χ1) is 11.1. The van der Waals surface area contributed by atoms with Gasteiger partial charge in [0, 0.05) is 22.8 Å². The Morgan fingerprint density at radius 2 is 2.00 bits per heavy atom. The molecule has 0 aliphatic carbocycles. The third-order valence-corrected chi connectivity index (χ3v) is 5.64. The van der Waals surface area contributed by atoms with Crippen LogP contribution >= 0.6 is 33.9 Å². The molecule has 0 spiro atoms. The first kappa shape index (κ1) is 14.7. The SMILES string of the molecule is Cn1c(=NC(=O)c2ccccc2I)sc2cc3c(cc21)OCO3. The molecular weight excluding hydrogens is 427 g/mol. The number of aryl methyl sites for hydroxylation is 1. The number of rotatable bonds is 1.